The Morgan fingerprint density at radius 1 is 0.833 bits per heavy atom. The summed E-state index contributed by atoms with van der Waals surface area (Å²) in [5, 5.41) is 2.00. The molecule has 0 aliphatic carbocycles. The minimum Gasteiger partial charge on any atom is -0.768 e. The van der Waals surface area contributed by atoms with Gasteiger partial charge in [0.1, 0.15) is 6.54 Å². The van der Waals surface area contributed by atoms with Crippen LogP contribution in [0.5, 0.6) is 0 Å². The minimum absolute atomic E-state index is 0.332. The molecule has 0 radical (unpaired) electrons. The second-order valence-electron chi connectivity index (χ2n) is 6.68. The molecule has 1 atom stereocenters. The molecule has 24 heavy (non-hydrogen) atoms. The van der Waals surface area contributed by atoms with Crippen molar-refractivity contribution in [1.82, 2.24) is 0 Å². The maximum absolute atomic E-state index is 10.6. The maximum Gasteiger partial charge on any atom is 0.104 e. The molecular weight excluding hydrogens is 318 g/mol. The van der Waals surface area contributed by atoms with E-state index >= 15 is 0 Å². The zero-order valence-electron chi connectivity index (χ0n) is 14.3. The van der Waals surface area contributed by atoms with Gasteiger partial charge in [-0.05, 0) is 34.0 Å². The van der Waals surface area contributed by atoms with E-state index in [1.54, 1.807) is 18.2 Å². The molecule has 0 aromatic heterocycles. The molecule has 0 fully saturated rings. The van der Waals surface area contributed by atoms with E-state index in [-0.39, 0.29) is 0 Å². The largest absolute Gasteiger partial charge is 0.768 e. The lowest BCUT2D eigenvalue weighted by molar-refractivity contribution is -0.884. The van der Waals surface area contributed by atoms with Crippen molar-refractivity contribution in [3.05, 3.63) is 78.4 Å². The van der Waals surface area contributed by atoms with Crippen molar-refractivity contribution < 1.29 is 13.2 Å². The van der Waals surface area contributed by atoms with Crippen molar-refractivity contribution in [2.45, 2.75) is 11.4 Å². The highest BCUT2D eigenvalue weighted by Gasteiger charge is 2.06. The third-order valence-electron chi connectivity index (χ3n) is 3.41. The van der Waals surface area contributed by atoms with E-state index in [0.717, 1.165) is 21.8 Å². The molecule has 126 valence electrons. The van der Waals surface area contributed by atoms with Gasteiger partial charge in [-0.15, -0.1) is 0 Å². The van der Waals surface area contributed by atoms with E-state index in [2.05, 4.69) is 51.5 Å². The van der Waals surface area contributed by atoms with Crippen molar-refractivity contribution in [3.8, 4) is 0 Å². The summed E-state index contributed by atoms with van der Waals surface area (Å²) in [6.45, 7) is 1.10. The van der Waals surface area contributed by atoms with Crippen LogP contribution in [0.3, 0.4) is 0 Å². The molecule has 0 N–H and O–H groups in total. The van der Waals surface area contributed by atoms with Crippen LogP contribution < -0.4 is 0 Å². The number of rotatable bonds is 3. The quantitative estimate of drug-likeness (QED) is 0.534. The molecule has 0 aliphatic heterocycles. The van der Waals surface area contributed by atoms with Gasteiger partial charge < -0.3 is 9.04 Å². The first-order valence-electron chi connectivity index (χ1n) is 7.77. The molecule has 0 amide bonds. The monoisotopic (exact) mass is 341 g/mol. The molecule has 3 nitrogen and oxygen atoms in total. The first-order valence-corrected chi connectivity index (χ1v) is 8.85. The summed E-state index contributed by atoms with van der Waals surface area (Å²) < 4.78 is 22.3. The van der Waals surface area contributed by atoms with Crippen LogP contribution >= 0.6 is 0 Å². The lowest BCUT2D eigenvalue weighted by atomic mass is 10.1. The molecule has 1 unspecified atom stereocenters. The maximum atomic E-state index is 10.6. The molecule has 0 bridgehead atoms. The topological polar surface area (TPSA) is 40.1 Å². The number of fused-ring (bicyclic) bond motifs is 1. The summed E-state index contributed by atoms with van der Waals surface area (Å²) in [7, 11) is 6.60. The number of hydrogen-bond acceptors (Lipinski definition) is 2. The zero-order chi connectivity index (χ0) is 17.6. The summed E-state index contributed by atoms with van der Waals surface area (Å²) >= 11 is -2.13. The van der Waals surface area contributed by atoms with Gasteiger partial charge in [0, 0.05) is 10.5 Å². The number of nitrogens with zero attached hydrogens (tertiary/aromatic N) is 1. The molecule has 3 rings (SSSR count). The fraction of sp³-hybridized carbons (Fsp3) is 0.200. The van der Waals surface area contributed by atoms with Crippen LogP contribution in [0.25, 0.3) is 10.8 Å². The van der Waals surface area contributed by atoms with E-state index in [1.165, 1.54) is 5.56 Å². The number of benzene rings is 3. The van der Waals surface area contributed by atoms with E-state index in [4.69, 9.17) is 0 Å². The van der Waals surface area contributed by atoms with Gasteiger partial charge in [0.2, 0.25) is 0 Å². The van der Waals surface area contributed by atoms with E-state index in [9.17, 15) is 8.76 Å². The highest BCUT2D eigenvalue weighted by molar-refractivity contribution is 7.79. The Morgan fingerprint density at radius 2 is 1.42 bits per heavy atom. The summed E-state index contributed by atoms with van der Waals surface area (Å²) in [4.78, 5) is 0.332. The molecule has 0 aliphatic rings. The van der Waals surface area contributed by atoms with E-state index < -0.39 is 11.1 Å². The lowest BCUT2D eigenvalue weighted by Gasteiger charge is -2.23. The summed E-state index contributed by atoms with van der Waals surface area (Å²) in [6.07, 6.45) is 0. The summed E-state index contributed by atoms with van der Waals surface area (Å²) in [5.41, 5.74) is 1.40. The highest BCUT2D eigenvalue weighted by Crippen LogP contribution is 2.16. The van der Waals surface area contributed by atoms with Gasteiger partial charge >= 0.3 is 0 Å². The molecule has 4 heteroatoms. The summed E-state index contributed by atoms with van der Waals surface area (Å²) in [5.74, 6) is 0. The Balaban J connectivity index is 0.000000177. The molecular formula is C20H23NO2S. The van der Waals surface area contributed by atoms with Gasteiger partial charge in [-0.2, -0.15) is 0 Å². The predicted molar refractivity (Wildman–Crippen MR) is 99.3 cm³/mol. The van der Waals surface area contributed by atoms with E-state index in [1.807, 2.05) is 24.3 Å². The van der Waals surface area contributed by atoms with Crippen molar-refractivity contribution >= 4 is 21.9 Å². The van der Waals surface area contributed by atoms with Crippen molar-refractivity contribution in [2.24, 2.45) is 0 Å². The van der Waals surface area contributed by atoms with Gasteiger partial charge in [-0.1, -0.05) is 60.7 Å². The van der Waals surface area contributed by atoms with Crippen molar-refractivity contribution in [1.29, 1.82) is 0 Å². The third-order valence-corrected chi connectivity index (χ3v) is 4.05. The molecule has 3 aromatic carbocycles. The van der Waals surface area contributed by atoms with E-state index in [0.29, 0.717) is 4.90 Å². The second-order valence-corrected chi connectivity index (χ2v) is 7.62. The lowest BCUT2D eigenvalue weighted by Crippen LogP contribution is -2.33. The number of quaternary nitrogens is 1. The Hall–Kier alpha value is -2.01. The fourth-order valence-corrected chi connectivity index (χ4v) is 2.80. The smallest absolute Gasteiger partial charge is 0.104 e. The standard InChI is InChI=1S/C10H16N.C10H8O2S/c1-11(2,3)9-10-7-5-4-6-8-10;11-13(12)10-6-5-8-3-1-2-4-9(8)7-10/h4-8H,9H2,1-3H3;1-7H,(H,11,12)/q+1;/p-1. The average molecular weight is 341 g/mol. The van der Waals surface area contributed by atoms with Crippen LogP contribution in [-0.2, 0) is 17.6 Å². The molecule has 3 aromatic rings. The van der Waals surface area contributed by atoms with Crippen LogP contribution in [-0.4, -0.2) is 34.4 Å². The Kier molecular flexibility index (Phi) is 6.26. The zero-order valence-corrected chi connectivity index (χ0v) is 15.1. The van der Waals surface area contributed by atoms with Crippen LogP contribution in [0.4, 0.5) is 0 Å². The predicted octanol–water partition coefficient (Wildman–Crippen LogP) is 3.97. The van der Waals surface area contributed by atoms with Gasteiger partial charge in [-0.3, -0.25) is 4.21 Å². The first kappa shape index (κ1) is 18.3. The third kappa shape index (κ3) is 5.89. The van der Waals surface area contributed by atoms with Crippen LogP contribution in [0.2, 0.25) is 0 Å². The van der Waals surface area contributed by atoms with Crippen molar-refractivity contribution in [3.63, 3.8) is 0 Å². The molecule has 0 saturated heterocycles. The molecule has 0 saturated carbocycles. The van der Waals surface area contributed by atoms with Crippen LogP contribution in [0.15, 0.2) is 77.7 Å². The van der Waals surface area contributed by atoms with Gasteiger partial charge in [-0.25, -0.2) is 0 Å². The normalized spacial score (nSPS) is 12.3. The second kappa shape index (κ2) is 8.20. The van der Waals surface area contributed by atoms with Crippen LogP contribution in [0, 0.1) is 0 Å². The van der Waals surface area contributed by atoms with Gasteiger partial charge in [0.05, 0.1) is 21.1 Å². The molecule has 0 spiro atoms. The SMILES string of the molecule is C[N+](C)(C)Cc1ccccc1.O=S([O-])c1ccc2ccccc2c1. The molecule has 0 heterocycles. The Bertz CT molecular complexity index is 810. The average Bonchev–Trinajstić information content (AvgIpc) is 2.54. The first-order chi connectivity index (χ1) is 11.3. The van der Waals surface area contributed by atoms with Gasteiger partial charge in [0.25, 0.3) is 0 Å². The number of hydrogen-bond donors (Lipinski definition) is 0. The Labute approximate surface area is 146 Å². The fourth-order valence-electron chi connectivity index (χ4n) is 2.40. The van der Waals surface area contributed by atoms with Gasteiger partial charge in [0.15, 0.2) is 0 Å². The van der Waals surface area contributed by atoms with Crippen molar-refractivity contribution in [2.75, 3.05) is 21.1 Å². The Morgan fingerprint density at radius 3 is 2.00 bits per heavy atom. The minimum atomic E-state index is -2.13. The summed E-state index contributed by atoms with van der Waals surface area (Å²) in [6, 6.07) is 23.3. The highest BCUT2D eigenvalue weighted by atomic mass is 32.2. The van der Waals surface area contributed by atoms with Crippen LogP contribution in [0.1, 0.15) is 5.56 Å².